The van der Waals surface area contributed by atoms with Crippen LogP contribution in [0.25, 0.3) is 10.9 Å². The lowest BCUT2D eigenvalue weighted by Crippen LogP contribution is -2.20. The predicted octanol–water partition coefficient (Wildman–Crippen LogP) is 4.28. The van der Waals surface area contributed by atoms with E-state index in [1.54, 1.807) is 0 Å². The molecule has 2 aliphatic rings. The molecule has 3 atom stereocenters. The molecule has 0 spiro atoms. The van der Waals surface area contributed by atoms with E-state index in [1.165, 1.54) is 36.9 Å². The lowest BCUT2D eigenvalue weighted by atomic mass is 9.77. The van der Waals surface area contributed by atoms with Gasteiger partial charge in [-0.3, -0.25) is 4.98 Å². The molecule has 1 saturated carbocycles. The standard InChI is InChI=1S/C18H22N2/c1-11-6-7-13-9-12(8-11)10-16-17(13)18(19)14-4-2-3-5-15(14)20-16/h2-5,11-13H,6-10H2,1H3,(H2,19,20). The first-order valence-electron chi connectivity index (χ1n) is 7.89. The van der Waals surface area contributed by atoms with Gasteiger partial charge in [-0.15, -0.1) is 0 Å². The molecule has 0 aliphatic heterocycles. The highest BCUT2D eigenvalue weighted by Crippen LogP contribution is 2.46. The van der Waals surface area contributed by atoms with E-state index in [-0.39, 0.29) is 0 Å². The third-order valence-corrected chi connectivity index (χ3v) is 5.30. The number of nitrogens with zero attached hydrogens (tertiary/aromatic N) is 1. The topological polar surface area (TPSA) is 38.9 Å². The van der Waals surface area contributed by atoms with Gasteiger partial charge >= 0.3 is 0 Å². The van der Waals surface area contributed by atoms with Gasteiger partial charge in [0.25, 0.3) is 0 Å². The zero-order valence-electron chi connectivity index (χ0n) is 12.1. The predicted molar refractivity (Wildman–Crippen MR) is 83.7 cm³/mol. The second kappa shape index (κ2) is 4.47. The van der Waals surface area contributed by atoms with Crippen molar-refractivity contribution in [3.05, 3.63) is 35.5 Å². The van der Waals surface area contributed by atoms with Crippen LogP contribution in [0.5, 0.6) is 0 Å². The quantitative estimate of drug-likeness (QED) is 0.773. The maximum absolute atomic E-state index is 6.52. The Morgan fingerprint density at radius 3 is 2.90 bits per heavy atom. The van der Waals surface area contributed by atoms with Crippen LogP contribution in [0.2, 0.25) is 0 Å². The van der Waals surface area contributed by atoms with Crippen LogP contribution < -0.4 is 5.73 Å². The number of hydrogen-bond acceptors (Lipinski definition) is 2. The molecule has 0 amide bonds. The average Bonchev–Trinajstić information content (AvgIpc) is 2.58. The smallest absolute Gasteiger partial charge is 0.0726 e. The van der Waals surface area contributed by atoms with Gasteiger partial charge in [0, 0.05) is 22.3 Å². The van der Waals surface area contributed by atoms with Crippen molar-refractivity contribution >= 4 is 16.6 Å². The summed E-state index contributed by atoms with van der Waals surface area (Å²) in [6.45, 7) is 2.40. The second-order valence-corrected chi connectivity index (χ2v) is 6.82. The Morgan fingerprint density at radius 2 is 2.00 bits per heavy atom. The second-order valence-electron chi connectivity index (χ2n) is 6.82. The number of nitrogen functional groups attached to an aromatic ring is 1. The fourth-order valence-electron chi connectivity index (χ4n) is 4.41. The molecule has 2 heteroatoms. The molecular weight excluding hydrogens is 244 g/mol. The van der Waals surface area contributed by atoms with E-state index in [2.05, 4.69) is 31.2 Å². The van der Waals surface area contributed by atoms with Gasteiger partial charge in [0.2, 0.25) is 0 Å². The Labute approximate surface area is 120 Å². The zero-order valence-corrected chi connectivity index (χ0v) is 12.1. The van der Waals surface area contributed by atoms with Crippen molar-refractivity contribution in [1.82, 2.24) is 4.98 Å². The number of rotatable bonds is 0. The van der Waals surface area contributed by atoms with Crippen molar-refractivity contribution in [2.45, 2.75) is 44.9 Å². The van der Waals surface area contributed by atoms with Crippen LogP contribution in [0.15, 0.2) is 24.3 Å². The molecule has 2 nitrogen and oxygen atoms in total. The van der Waals surface area contributed by atoms with Gasteiger partial charge in [-0.25, -0.2) is 0 Å². The zero-order chi connectivity index (χ0) is 13.7. The number of para-hydroxylation sites is 1. The number of fused-ring (bicyclic) bond motifs is 5. The van der Waals surface area contributed by atoms with Crippen molar-refractivity contribution in [2.75, 3.05) is 5.73 Å². The summed E-state index contributed by atoms with van der Waals surface area (Å²) in [5, 5.41) is 1.14. The minimum atomic E-state index is 0.644. The Kier molecular flexibility index (Phi) is 2.73. The summed E-state index contributed by atoms with van der Waals surface area (Å²) in [6.07, 6.45) is 6.44. The first-order chi connectivity index (χ1) is 9.72. The third kappa shape index (κ3) is 1.81. The van der Waals surface area contributed by atoms with E-state index in [9.17, 15) is 0 Å². The molecule has 20 heavy (non-hydrogen) atoms. The van der Waals surface area contributed by atoms with Crippen molar-refractivity contribution in [3.63, 3.8) is 0 Å². The number of anilines is 1. The van der Waals surface area contributed by atoms with Crippen molar-refractivity contribution in [2.24, 2.45) is 11.8 Å². The molecule has 104 valence electrons. The van der Waals surface area contributed by atoms with Crippen LogP contribution in [0.1, 0.15) is 49.8 Å². The monoisotopic (exact) mass is 266 g/mol. The van der Waals surface area contributed by atoms with Gasteiger partial charge in [0.05, 0.1) is 5.52 Å². The molecule has 0 radical (unpaired) electrons. The maximum Gasteiger partial charge on any atom is 0.0726 e. The summed E-state index contributed by atoms with van der Waals surface area (Å²) in [5.74, 6) is 2.32. The largest absolute Gasteiger partial charge is 0.398 e. The lowest BCUT2D eigenvalue weighted by Gasteiger charge is -2.30. The van der Waals surface area contributed by atoms with Gasteiger partial charge in [0.1, 0.15) is 0 Å². The molecule has 4 rings (SSSR count). The average molecular weight is 266 g/mol. The van der Waals surface area contributed by atoms with Gasteiger partial charge in [0.15, 0.2) is 0 Å². The Morgan fingerprint density at radius 1 is 1.15 bits per heavy atom. The molecule has 2 N–H and O–H groups in total. The van der Waals surface area contributed by atoms with Gasteiger partial charge in [-0.1, -0.05) is 31.5 Å². The summed E-state index contributed by atoms with van der Waals surface area (Å²) < 4.78 is 0. The highest BCUT2D eigenvalue weighted by Gasteiger charge is 2.33. The molecule has 3 unspecified atom stereocenters. The van der Waals surface area contributed by atoms with E-state index in [0.29, 0.717) is 5.92 Å². The van der Waals surface area contributed by atoms with E-state index in [1.807, 2.05) is 0 Å². The molecule has 2 aliphatic carbocycles. The van der Waals surface area contributed by atoms with E-state index >= 15 is 0 Å². The SMILES string of the molecule is CC1CCC2CC(Cc3nc4ccccc4c(N)c32)C1. The fraction of sp³-hybridized carbons (Fsp3) is 0.500. The minimum absolute atomic E-state index is 0.644. The number of aromatic nitrogens is 1. The van der Waals surface area contributed by atoms with E-state index < -0.39 is 0 Å². The first-order valence-corrected chi connectivity index (χ1v) is 7.89. The Balaban J connectivity index is 1.91. The molecule has 1 aromatic heterocycles. The summed E-state index contributed by atoms with van der Waals surface area (Å²) in [5.41, 5.74) is 11.3. The van der Waals surface area contributed by atoms with Crippen molar-refractivity contribution < 1.29 is 0 Å². The molecule has 1 aromatic carbocycles. The van der Waals surface area contributed by atoms with Crippen LogP contribution in [0.3, 0.4) is 0 Å². The number of hydrogen-bond donors (Lipinski definition) is 1. The van der Waals surface area contributed by atoms with Crippen LogP contribution in [-0.2, 0) is 6.42 Å². The van der Waals surface area contributed by atoms with Crippen LogP contribution in [-0.4, -0.2) is 4.98 Å². The summed E-state index contributed by atoms with van der Waals surface area (Å²) in [6, 6.07) is 8.32. The third-order valence-electron chi connectivity index (χ3n) is 5.30. The number of nitrogens with two attached hydrogens (primary N) is 1. The molecule has 2 bridgehead atoms. The molecule has 1 fully saturated rings. The molecule has 2 aromatic rings. The maximum atomic E-state index is 6.52. The first kappa shape index (κ1) is 12.2. The minimum Gasteiger partial charge on any atom is -0.398 e. The Bertz CT molecular complexity index is 662. The van der Waals surface area contributed by atoms with Gasteiger partial charge in [-0.05, 0) is 49.5 Å². The van der Waals surface area contributed by atoms with E-state index in [0.717, 1.165) is 34.8 Å². The van der Waals surface area contributed by atoms with Crippen molar-refractivity contribution in [1.29, 1.82) is 0 Å². The summed E-state index contributed by atoms with van der Waals surface area (Å²) >= 11 is 0. The highest BCUT2D eigenvalue weighted by molar-refractivity contribution is 5.92. The summed E-state index contributed by atoms with van der Waals surface area (Å²) in [7, 11) is 0. The number of pyridine rings is 1. The van der Waals surface area contributed by atoms with Gasteiger partial charge in [-0.2, -0.15) is 0 Å². The van der Waals surface area contributed by atoms with Crippen LogP contribution >= 0.6 is 0 Å². The van der Waals surface area contributed by atoms with Crippen LogP contribution in [0, 0.1) is 11.8 Å². The van der Waals surface area contributed by atoms with Crippen molar-refractivity contribution in [3.8, 4) is 0 Å². The van der Waals surface area contributed by atoms with Crippen LogP contribution in [0.4, 0.5) is 5.69 Å². The highest BCUT2D eigenvalue weighted by atomic mass is 14.7. The molecular formula is C18H22N2. The molecule has 1 heterocycles. The normalized spacial score (nSPS) is 28.9. The Hall–Kier alpha value is -1.57. The fourth-order valence-corrected chi connectivity index (χ4v) is 4.41. The van der Waals surface area contributed by atoms with Gasteiger partial charge < -0.3 is 5.73 Å². The summed E-state index contributed by atoms with van der Waals surface area (Å²) in [4.78, 5) is 4.95. The number of benzene rings is 1. The lowest BCUT2D eigenvalue weighted by molar-refractivity contribution is 0.369. The molecule has 0 saturated heterocycles. The van der Waals surface area contributed by atoms with E-state index in [4.69, 9.17) is 10.7 Å².